The molecule has 0 saturated heterocycles. The highest BCUT2D eigenvalue weighted by Crippen LogP contribution is 2.17. The molecule has 0 aliphatic rings. The van der Waals surface area contributed by atoms with Crippen LogP contribution in [-0.4, -0.2) is 16.0 Å². The monoisotopic (exact) mass is 188 g/mol. The zero-order valence-corrected chi connectivity index (χ0v) is 9.05. The molecule has 0 radical (unpaired) electrons. The summed E-state index contributed by atoms with van der Waals surface area (Å²) >= 11 is 0. The third-order valence-electron chi connectivity index (χ3n) is 2.33. The molecule has 0 saturated carbocycles. The average Bonchev–Trinajstić information content (AvgIpc) is 2.04. The molecule has 2 nitrogen and oxygen atoms in total. The summed E-state index contributed by atoms with van der Waals surface area (Å²) in [6, 6.07) is 0. The zero-order chi connectivity index (χ0) is 10.2. The Morgan fingerprint density at radius 2 is 1.38 bits per heavy atom. The predicted octanol–water partition coefficient (Wildman–Crippen LogP) is 2.83. The molecule has 0 atom stereocenters. The Morgan fingerprint density at radius 3 is 1.92 bits per heavy atom. The van der Waals surface area contributed by atoms with E-state index in [1.165, 1.54) is 19.3 Å². The quantitative estimate of drug-likeness (QED) is 0.454. The molecule has 13 heavy (non-hydrogen) atoms. The maximum atomic E-state index is 9.43. The van der Waals surface area contributed by atoms with Crippen molar-refractivity contribution in [1.29, 1.82) is 0 Å². The Kier molecular flexibility index (Phi) is 7.29. The molecular formula is C11H24O2. The van der Waals surface area contributed by atoms with Crippen LogP contribution in [0.2, 0.25) is 0 Å². The van der Waals surface area contributed by atoms with E-state index in [0.29, 0.717) is 12.8 Å². The largest absolute Gasteiger partial charge is 0.366 e. The van der Waals surface area contributed by atoms with Crippen molar-refractivity contribution in [1.82, 2.24) is 0 Å². The minimum Gasteiger partial charge on any atom is -0.366 e. The normalized spacial score (nSPS) is 12.0. The molecule has 0 aliphatic heterocycles. The smallest absolute Gasteiger partial charge is 0.162 e. The van der Waals surface area contributed by atoms with Gasteiger partial charge in [0.1, 0.15) is 0 Å². The molecule has 0 aliphatic carbocycles. The van der Waals surface area contributed by atoms with Crippen LogP contribution in [0, 0.1) is 0 Å². The van der Waals surface area contributed by atoms with Crippen molar-refractivity contribution in [2.24, 2.45) is 0 Å². The number of hydrogen-bond acceptors (Lipinski definition) is 2. The third kappa shape index (κ3) is 8.26. The van der Waals surface area contributed by atoms with Gasteiger partial charge in [0.2, 0.25) is 0 Å². The fraction of sp³-hybridized carbons (Fsp3) is 1.00. The summed E-state index contributed by atoms with van der Waals surface area (Å²) in [5.74, 6) is -1.40. The number of aliphatic hydroxyl groups is 2. The van der Waals surface area contributed by atoms with Crippen LogP contribution < -0.4 is 0 Å². The second kappa shape index (κ2) is 7.34. The van der Waals surface area contributed by atoms with E-state index in [0.717, 1.165) is 19.3 Å². The van der Waals surface area contributed by atoms with Crippen molar-refractivity contribution >= 4 is 0 Å². The van der Waals surface area contributed by atoms with Crippen LogP contribution in [0.4, 0.5) is 0 Å². The Morgan fingerprint density at radius 1 is 0.769 bits per heavy atom. The lowest BCUT2D eigenvalue weighted by molar-refractivity contribution is -0.171. The third-order valence-corrected chi connectivity index (χ3v) is 2.33. The van der Waals surface area contributed by atoms with Gasteiger partial charge in [-0.3, -0.25) is 0 Å². The summed E-state index contributed by atoms with van der Waals surface area (Å²) in [6.45, 7) is 4.15. The lowest BCUT2D eigenvalue weighted by atomic mass is 10.0. The molecule has 0 unspecified atom stereocenters. The Labute approximate surface area is 82.0 Å². The molecule has 0 bridgehead atoms. The summed E-state index contributed by atoms with van der Waals surface area (Å²) in [7, 11) is 0. The van der Waals surface area contributed by atoms with Crippen LogP contribution in [-0.2, 0) is 0 Å². The Balaban J connectivity index is 3.29. The van der Waals surface area contributed by atoms with E-state index in [2.05, 4.69) is 6.92 Å². The van der Waals surface area contributed by atoms with Crippen LogP contribution in [0.3, 0.4) is 0 Å². The van der Waals surface area contributed by atoms with E-state index < -0.39 is 5.79 Å². The second-order valence-corrected chi connectivity index (χ2v) is 3.90. The highest BCUT2D eigenvalue weighted by atomic mass is 16.5. The molecule has 0 aromatic rings. The van der Waals surface area contributed by atoms with Gasteiger partial charge in [-0.15, -0.1) is 0 Å². The SMILES string of the molecule is CCCCCCCC(O)(O)CCC. The number of rotatable bonds is 8. The Bertz CT molecular complexity index is 111. The van der Waals surface area contributed by atoms with E-state index in [1.807, 2.05) is 6.92 Å². The fourth-order valence-electron chi connectivity index (χ4n) is 1.54. The Hall–Kier alpha value is -0.0800. The molecule has 2 heteroatoms. The maximum Gasteiger partial charge on any atom is 0.162 e. The second-order valence-electron chi connectivity index (χ2n) is 3.90. The van der Waals surface area contributed by atoms with Crippen molar-refractivity contribution in [2.75, 3.05) is 0 Å². The van der Waals surface area contributed by atoms with Crippen molar-refractivity contribution in [3.63, 3.8) is 0 Å². The average molecular weight is 188 g/mol. The molecule has 0 aromatic carbocycles. The number of hydrogen-bond donors (Lipinski definition) is 2. The fourth-order valence-corrected chi connectivity index (χ4v) is 1.54. The van der Waals surface area contributed by atoms with E-state index in [9.17, 15) is 10.2 Å². The van der Waals surface area contributed by atoms with Gasteiger partial charge in [0.15, 0.2) is 5.79 Å². The van der Waals surface area contributed by atoms with Gasteiger partial charge >= 0.3 is 0 Å². The minimum atomic E-state index is -1.40. The van der Waals surface area contributed by atoms with Gasteiger partial charge in [0.25, 0.3) is 0 Å². The summed E-state index contributed by atoms with van der Waals surface area (Å²) in [4.78, 5) is 0. The van der Waals surface area contributed by atoms with E-state index >= 15 is 0 Å². The van der Waals surface area contributed by atoms with E-state index in [4.69, 9.17) is 0 Å². The summed E-state index contributed by atoms with van der Waals surface area (Å²) in [6.07, 6.45) is 7.65. The first-order valence-corrected chi connectivity index (χ1v) is 5.57. The van der Waals surface area contributed by atoms with Gasteiger partial charge in [-0.2, -0.15) is 0 Å². The molecule has 2 N–H and O–H groups in total. The standard InChI is InChI=1S/C11H24O2/c1-3-5-6-7-8-10-11(12,13)9-4-2/h12-13H,3-10H2,1-2H3. The van der Waals surface area contributed by atoms with Crippen LogP contribution >= 0.6 is 0 Å². The minimum absolute atomic E-state index is 0.501. The van der Waals surface area contributed by atoms with Gasteiger partial charge in [-0.25, -0.2) is 0 Å². The zero-order valence-electron chi connectivity index (χ0n) is 9.05. The molecular weight excluding hydrogens is 164 g/mol. The summed E-state index contributed by atoms with van der Waals surface area (Å²) in [5.41, 5.74) is 0. The van der Waals surface area contributed by atoms with Crippen molar-refractivity contribution in [3.05, 3.63) is 0 Å². The van der Waals surface area contributed by atoms with Gasteiger partial charge < -0.3 is 10.2 Å². The van der Waals surface area contributed by atoms with Gasteiger partial charge in [0.05, 0.1) is 0 Å². The first-order chi connectivity index (χ1) is 6.12. The van der Waals surface area contributed by atoms with E-state index in [-0.39, 0.29) is 0 Å². The topological polar surface area (TPSA) is 40.5 Å². The molecule has 0 rings (SSSR count). The lowest BCUT2D eigenvalue weighted by Gasteiger charge is -2.20. The molecule has 0 amide bonds. The van der Waals surface area contributed by atoms with Crippen molar-refractivity contribution < 1.29 is 10.2 Å². The predicted molar refractivity (Wildman–Crippen MR) is 55.5 cm³/mol. The molecule has 0 aromatic heterocycles. The molecule has 0 heterocycles. The maximum absolute atomic E-state index is 9.43. The highest BCUT2D eigenvalue weighted by molar-refractivity contribution is 4.63. The van der Waals surface area contributed by atoms with Gasteiger partial charge in [0, 0.05) is 12.8 Å². The van der Waals surface area contributed by atoms with E-state index in [1.54, 1.807) is 0 Å². The molecule has 80 valence electrons. The van der Waals surface area contributed by atoms with Crippen LogP contribution in [0.15, 0.2) is 0 Å². The van der Waals surface area contributed by atoms with Crippen molar-refractivity contribution in [3.8, 4) is 0 Å². The van der Waals surface area contributed by atoms with Gasteiger partial charge in [-0.1, -0.05) is 46.0 Å². The first-order valence-electron chi connectivity index (χ1n) is 5.57. The molecule has 0 fully saturated rings. The highest BCUT2D eigenvalue weighted by Gasteiger charge is 2.20. The first kappa shape index (κ1) is 12.9. The molecule has 0 spiro atoms. The van der Waals surface area contributed by atoms with Crippen LogP contribution in [0.1, 0.15) is 65.2 Å². The number of unbranched alkanes of at least 4 members (excludes halogenated alkanes) is 4. The lowest BCUT2D eigenvalue weighted by Crippen LogP contribution is -2.27. The van der Waals surface area contributed by atoms with Crippen LogP contribution in [0.5, 0.6) is 0 Å². The van der Waals surface area contributed by atoms with Crippen LogP contribution in [0.25, 0.3) is 0 Å². The van der Waals surface area contributed by atoms with Crippen molar-refractivity contribution in [2.45, 2.75) is 71.0 Å². The van der Waals surface area contributed by atoms with Gasteiger partial charge in [-0.05, 0) is 6.42 Å². The summed E-state index contributed by atoms with van der Waals surface area (Å²) < 4.78 is 0. The summed E-state index contributed by atoms with van der Waals surface area (Å²) in [5, 5.41) is 18.9.